The van der Waals surface area contributed by atoms with Crippen molar-refractivity contribution in [2.45, 2.75) is 11.9 Å². The lowest BCUT2D eigenvalue weighted by Gasteiger charge is -2.09. The number of sulfone groups is 1. The van der Waals surface area contributed by atoms with E-state index in [0.717, 1.165) is 5.56 Å². The minimum Gasteiger partial charge on any atom is -0.419 e. The number of aromatic nitrogens is 1. The van der Waals surface area contributed by atoms with E-state index in [1.165, 1.54) is 17.0 Å². The van der Waals surface area contributed by atoms with Gasteiger partial charge in [-0.3, -0.25) is 4.79 Å². The molecule has 0 saturated heterocycles. The van der Waals surface area contributed by atoms with Gasteiger partial charge in [0.25, 0.3) is 15.0 Å². The zero-order valence-electron chi connectivity index (χ0n) is 14.6. The molecule has 0 amide bonds. The Bertz CT molecular complexity index is 1040. The molecule has 7 heteroatoms. The molecule has 3 rings (SSSR count). The Morgan fingerprint density at radius 1 is 1.00 bits per heavy atom. The van der Waals surface area contributed by atoms with E-state index in [0.29, 0.717) is 5.56 Å². The van der Waals surface area contributed by atoms with Crippen molar-refractivity contribution in [3.05, 3.63) is 65.7 Å². The van der Waals surface area contributed by atoms with Crippen LogP contribution in [0.3, 0.4) is 0 Å². The number of aryl methyl sites for hydroxylation is 1. The van der Waals surface area contributed by atoms with Crippen LogP contribution in [0.4, 0.5) is 5.88 Å². The number of benzene rings is 2. The molecule has 26 heavy (non-hydrogen) atoms. The molecule has 0 bridgehead atoms. The third kappa shape index (κ3) is 3.25. The van der Waals surface area contributed by atoms with Gasteiger partial charge in [0.2, 0.25) is 16.8 Å². The summed E-state index contributed by atoms with van der Waals surface area (Å²) in [7, 11) is -1.09. The van der Waals surface area contributed by atoms with Gasteiger partial charge in [0.05, 0.1) is 0 Å². The lowest BCUT2D eigenvalue weighted by Crippen LogP contribution is -2.19. The topological polar surface area (TPSA) is 80.5 Å². The van der Waals surface area contributed by atoms with Gasteiger partial charge < -0.3 is 9.32 Å². The second-order valence-corrected chi connectivity index (χ2v) is 7.81. The van der Waals surface area contributed by atoms with Gasteiger partial charge in [-0.2, -0.15) is 4.98 Å². The third-order valence-electron chi connectivity index (χ3n) is 3.79. The third-order valence-corrected chi connectivity index (χ3v) is 5.29. The Balaban J connectivity index is 2.10. The number of carbonyl (C=O) groups is 1. The zero-order valence-corrected chi connectivity index (χ0v) is 15.4. The highest BCUT2D eigenvalue weighted by molar-refractivity contribution is 8.06. The van der Waals surface area contributed by atoms with Crippen LogP contribution in [0.1, 0.15) is 15.9 Å². The summed E-state index contributed by atoms with van der Waals surface area (Å²) in [5.41, 5.74) is 1.64. The van der Waals surface area contributed by atoms with Gasteiger partial charge in [-0.05, 0) is 19.1 Å². The van der Waals surface area contributed by atoms with E-state index in [1.54, 1.807) is 50.5 Å². The zero-order chi connectivity index (χ0) is 18.9. The van der Waals surface area contributed by atoms with Crippen molar-refractivity contribution in [2.75, 3.05) is 19.0 Å². The summed E-state index contributed by atoms with van der Waals surface area (Å²) in [6.45, 7) is 1.86. The molecular weight excluding hydrogens is 352 g/mol. The van der Waals surface area contributed by atoms with Crippen molar-refractivity contribution >= 4 is 20.8 Å². The van der Waals surface area contributed by atoms with Crippen LogP contribution in [0.5, 0.6) is 0 Å². The quantitative estimate of drug-likeness (QED) is 0.701. The number of carbonyl (C=O) groups excluding carboxylic acids is 1. The molecule has 1 heterocycles. The molecule has 134 valence electrons. The van der Waals surface area contributed by atoms with Gasteiger partial charge in [-0.15, -0.1) is 0 Å². The number of hydrogen-bond donors (Lipinski definition) is 0. The first-order valence-corrected chi connectivity index (χ1v) is 9.38. The summed E-state index contributed by atoms with van der Waals surface area (Å²) in [6.07, 6.45) is 0. The second kappa shape index (κ2) is 6.76. The first-order chi connectivity index (χ1) is 12.3. The lowest BCUT2D eigenvalue weighted by molar-refractivity contribution is 0.107. The monoisotopic (exact) mass is 370 g/mol. The van der Waals surface area contributed by atoms with Crippen LogP contribution in [0, 0.1) is 6.92 Å². The number of oxazole rings is 1. The van der Waals surface area contributed by atoms with Crippen LogP contribution in [0.2, 0.25) is 0 Å². The van der Waals surface area contributed by atoms with E-state index >= 15 is 0 Å². The maximum atomic E-state index is 12.9. The van der Waals surface area contributed by atoms with Crippen LogP contribution in [-0.4, -0.2) is 32.6 Å². The fraction of sp³-hybridized carbons (Fsp3) is 0.158. The van der Waals surface area contributed by atoms with Crippen molar-refractivity contribution < 1.29 is 17.6 Å². The molecule has 0 aliphatic heterocycles. The molecule has 0 atom stereocenters. The summed E-state index contributed by atoms with van der Waals surface area (Å²) in [5.74, 6) is 0.161. The number of hydrogen-bond acceptors (Lipinski definition) is 6. The molecule has 0 spiro atoms. The summed E-state index contributed by atoms with van der Waals surface area (Å²) < 4.78 is 31.4. The molecule has 0 N–H and O–H groups in total. The van der Waals surface area contributed by atoms with Gasteiger partial charge in [0.15, 0.2) is 0 Å². The van der Waals surface area contributed by atoms with Crippen LogP contribution in [0.15, 0.2) is 64.0 Å². The molecule has 0 aliphatic carbocycles. The minimum atomic E-state index is -4.35. The summed E-state index contributed by atoms with van der Waals surface area (Å²) >= 11 is 0. The van der Waals surface area contributed by atoms with E-state index in [1.807, 2.05) is 13.0 Å². The maximum absolute atomic E-state index is 12.9. The smallest absolute Gasteiger partial charge is 0.283 e. The number of anilines is 1. The molecular formula is C19H18N2O4S. The molecule has 2 aromatic carbocycles. The van der Waals surface area contributed by atoms with Crippen molar-refractivity contribution in [3.8, 4) is 11.5 Å². The first kappa shape index (κ1) is 17.9. The molecule has 0 fully saturated rings. The molecule has 0 radical (unpaired) electrons. The van der Waals surface area contributed by atoms with E-state index < -0.39 is 15.0 Å². The lowest BCUT2D eigenvalue weighted by atomic mass is 10.2. The van der Waals surface area contributed by atoms with Gasteiger partial charge in [0.1, 0.15) is 0 Å². The Morgan fingerprint density at radius 2 is 1.62 bits per heavy atom. The Morgan fingerprint density at radius 3 is 2.19 bits per heavy atom. The molecule has 0 saturated carbocycles. The van der Waals surface area contributed by atoms with Crippen LogP contribution in [-0.2, 0) is 9.84 Å². The van der Waals surface area contributed by atoms with Crippen LogP contribution < -0.4 is 4.90 Å². The van der Waals surface area contributed by atoms with E-state index in [-0.39, 0.29) is 22.4 Å². The average molecular weight is 370 g/mol. The Labute approximate surface area is 152 Å². The van der Waals surface area contributed by atoms with Crippen LogP contribution >= 0.6 is 0 Å². The van der Waals surface area contributed by atoms with Crippen molar-refractivity contribution in [1.82, 2.24) is 4.98 Å². The second-order valence-electron chi connectivity index (χ2n) is 6.05. The molecule has 6 nitrogen and oxygen atoms in total. The van der Waals surface area contributed by atoms with Crippen molar-refractivity contribution in [1.29, 1.82) is 0 Å². The summed E-state index contributed by atoms with van der Waals surface area (Å²) in [4.78, 5) is 18.2. The first-order valence-electron chi connectivity index (χ1n) is 7.90. The van der Waals surface area contributed by atoms with Crippen LogP contribution in [0.25, 0.3) is 11.5 Å². The van der Waals surface area contributed by atoms with Crippen molar-refractivity contribution in [3.63, 3.8) is 0 Å². The van der Waals surface area contributed by atoms with E-state index in [2.05, 4.69) is 4.98 Å². The molecule has 3 aromatic rings. The predicted molar refractivity (Wildman–Crippen MR) is 99.0 cm³/mol. The number of rotatable bonds is 4. The maximum Gasteiger partial charge on any atom is 0.283 e. The standard InChI is InChI=1S/C19H18N2O4S/c1-13-9-11-15(12-10-13)19(22)26(23,24)17-18(21(2)3)25-16(20-17)14-7-5-4-6-8-14/h4-12H,1-3H3. The van der Waals surface area contributed by atoms with Crippen molar-refractivity contribution in [2.24, 2.45) is 0 Å². The van der Waals surface area contributed by atoms with Gasteiger partial charge in [-0.25, -0.2) is 8.42 Å². The highest BCUT2D eigenvalue weighted by atomic mass is 32.2. The summed E-state index contributed by atoms with van der Waals surface area (Å²) in [6, 6.07) is 15.3. The molecule has 1 aromatic heterocycles. The predicted octanol–water partition coefficient (Wildman–Crippen LogP) is 3.33. The van der Waals surface area contributed by atoms with Gasteiger partial charge >= 0.3 is 0 Å². The summed E-state index contributed by atoms with van der Waals surface area (Å²) in [5, 5.41) is -1.39. The fourth-order valence-corrected chi connectivity index (χ4v) is 3.67. The van der Waals surface area contributed by atoms with E-state index in [9.17, 15) is 13.2 Å². The van der Waals surface area contributed by atoms with Gasteiger partial charge in [-0.1, -0.05) is 48.0 Å². The largest absolute Gasteiger partial charge is 0.419 e. The van der Waals surface area contributed by atoms with E-state index in [4.69, 9.17) is 4.42 Å². The SMILES string of the molecule is Cc1ccc(C(=O)S(=O)(=O)c2nc(-c3ccccc3)oc2N(C)C)cc1. The van der Waals surface area contributed by atoms with Gasteiger partial charge in [0, 0.05) is 25.2 Å². The molecule has 0 unspecified atom stereocenters. The highest BCUT2D eigenvalue weighted by Crippen LogP contribution is 2.32. The highest BCUT2D eigenvalue weighted by Gasteiger charge is 2.34. The Kier molecular flexibility index (Phi) is 4.65. The normalized spacial score (nSPS) is 11.3. The minimum absolute atomic E-state index is 0.0179. The Hall–Kier alpha value is -2.93. The average Bonchev–Trinajstić information content (AvgIpc) is 3.09. The molecule has 0 aliphatic rings. The fourth-order valence-electron chi connectivity index (χ4n) is 2.39. The number of nitrogens with zero attached hydrogens (tertiary/aromatic N) is 2.